The van der Waals surface area contributed by atoms with Crippen molar-refractivity contribution in [2.75, 3.05) is 31.7 Å². The standard InChI is InChI=1S/C20H30N4OS2/c1-25-19-8-7-16(13-17(19)15-24-9-11-27-12-10-24)14-21-23-20(26)22-18-5-3-2-4-6-18/h7-8,13-14,18H,2-6,9-12,15H2,1H3,(H2,22,23,26)/b21-14-. The van der Waals surface area contributed by atoms with Crippen molar-refractivity contribution in [2.45, 2.75) is 44.7 Å². The van der Waals surface area contributed by atoms with E-state index < -0.39 is 0 Å². The number of methoxy groups -OCH3 is 1. The SMILES string of the molecule is COc1ccc(/C=N\NC(=S)NC2CCCCC2)cc1CN1CCSCC1. The lowest BCUT2D eigenvalue weighted by Gasteiger charge is -2.26. The first-order chi connectivity index (χ1) is 13.2. The molecule has 1 aromatic rings. The number of thioether (sulfide) groups is 1. The lowest BCUT2D eigenvalue weighted by Crippen LogP contribution is -2.40. The smallest absolute Gasteiger partial charge is 0.187 e. The zero-order valence-electron chi connectivity index (χ0n) is 16.1. The molecule has 1 aromatic carbocycles. The molecule has 1 saturated heterocycles. The van der Waals surface area contributed by atoms with Crippen LogP contribution in [0.2, 0.25) is 0 Å². The van der Waals surface area contributed by atoms with Crippen LogP contribution < -0.4 is 15.5 Å². The second-order valence-corrected chi connectivity index (χ2v) is 8.77. The maximum absolute atomic E-state index is 5.55. The fourth-order valence-corrected chi connectivity index (χ4v) is 4.83. The van der Waals surface area contributed by atoms with Gasteiger partial charge in [0.25, 0.3) is 0 Å². The van der Waals surface area contributed by atoms with Crippen molar-refractivity contribution in [1.82, 2.24) is 15.6 Å². The van der Waals surface area contributed by atoms with Crippen LogP contribution in [0.5, 0.6) is 5.75 Å². The summed E-state index contributed by atoms with van der Waals surface area (Å²) in [4.78, 5) is 2.48. The van der Waals surface area contributed by atoms with Crippen LogP contribution in [-0.4, -0.2) is 54.0 Å². The predicted octanol–water partition coefficient (Wildman–Crippen LogP) is 3.37. The fourth-order valence-electron chi connectivity index (χ4n) is 3.63. The molecule has 2 N–H and O–H groups in total. The Morgan fingerprint density at radius 2 is 2.07 bits per heavy atom. The highest BCUT2D eigenvalue weighted by atomic mass is 32.2. The summed E-state index contributed by atoms with van der Waals surface area (Å²) >= 11 is 7.39. The van der Waals surface area contributed by atoms with Crippen LogP contribution in [0.25, 0.3) is 0 Å². The molecular weight excluding hydrogens is 376 g/mol. The molecule has 1 heterocycles. The largest absolute Gasteiger partial charge is 0.496 e. The Bertz CT molecular complexity index is 641. The van der Waals surface area contributed by atoms with Crippen LogP contribution in [0.3, 0.4) is 0 Å². The minimum absolute atomic E-state index is 0.490. The number of thiocarbonyl (C=S) groups is 1. The normalized spacial score (nSPS) is 19.1. The van der Waals surface area contributed by atoms with Crippen LogP contribution in [0.1, 0.15) is 43.2 Å². The molecule has 2 aliphatic rings. The Balaban J connectivity index is 1.54. The van der Waals surface area contributed by atoms with E-state index in [0.29, 0.717) is 11.2 Å². The van der Waals surface area contributed by atoms with Gasteiger partial charge in [0.15, 0.2) is 5.11 Å². The molecule has 0 unspecified atom stereocenters. The van der Waals surface area contributed by atoms with E-state index in [9.17, 15) is 0 Å². The van der Waals surface area contributed by atoms with Gasteiger partial charge in [0.05, 0.1) is 13.3 Å². The number of benzene rings is 1. The highest BCUT2D eigenvalue weighted by molar-refractivity contribution is 7.99. The Kier molecular flexibility index (Phi) is 8.23. The van der Waals surface area contributed by atoms with Crippen molar-refractivity contribution in [3.8, 4) is 5.75 Å². The van der Waals surface area contributed by atoms with E-state index in [1.807, 2.05) is 30.1 Å². The Morgan fingerprint density at radius 3 is 2.81 bits per heavy atom. The van der Waals surface area contributed by atoms with E-state index in [1.165, 1.54) is 49.2 Å². The van der Waals surface area contributed by atoms with E-state index in [4.69, 9.17) is 17.0 Å². The lowest BCUT2D eigenvalue weighted by molar-refractivity contribution is 0.288. The topological polar surface area (TPSA) is 48.9 Å². The number of hydrazone groups is 1. The van der Waals surface area contributed by atoms with Gasteiger partial charge in [-0.05, 0) is 48.8 Å². The third-order valence-electron chi connectivity index (χ3n) is 5.12. The van der Waals surface area contributed by atoms with E-state index in [-0.39, 0.29) is 0 Å². The average molecular weight is 407 g/mol. The minimum atomic E-state index is 0.490. The molecule has 0 radical (unpaired) electrons. The Hall–Kier alpha value is -1.31. The van der Waals surface area contributed by atoms with E-state index in [0.717, 1.165) is 30.9 Å². The van der Waals surface area contributed by atoms with Crippen molar-refractivity contribution in [2.24, 2.45) is 5.10 Å². The van der Waals surface area contributed by atoms with Crippen molar-refractivity contribution < 1.29 is 4.74 Å². The van der Waals surface area contributed by atoms with Gasteiger partial charge in [-0.1, -0.05) is 19.3 Å². The fraction of sp³-hybridized carbons (Fsp3) is 0.600. The first kappa shape index (κ1) is 20.4. The summed E-state index contributed by atoms with van der Waals surface area (Å²) in [6.07, 6.45) is 8.13. The molecule has 0 aromatic heterocycles. The highest BCUT2D eigenvalue weighted by Crippen LogP contribution is 2.22. The molecule has 0 amide bonds. The molecular formula is C20H30N4OS2. The summed E-state index contributed by atoms with van der Waals surface area (Å²) in [5, 5.41) is 8.29. The monoisotopic (exact) mass is 406 g/mol. The van der Waals surface area contributed by atoms with Gasteiger partial charge < -0.3 is 10.1 Å². The number of hydrogen-bond acceptors (Lipinski definition) is 5. The van der Waals surface area contributed by atoms with Gasteiger partial charge in [-0.2, -0.15) is 16.9 Å². The van der Waals surface area contributed by atoms with Crippen molar-refractivity contribution in [1.29, 1.82) is 0 Å². The average Bonchev–Trinajstić information content (AvgIpc) is 2.70. The van der Waals surface area contributed by atoms with Gasteiger partial charge in [0.1, 0.15) is 5.75 Å². The predicted molar refractivity (Wildman–Crippen MR) is 119 cm³/mol. The number of nitrogens with one attached hydrogen (secondary N) is 2. The molecule has 148 valence electrons. The summed E-state index contributed by atoms with van der Waals surface area (Å²) in [5.41, 5.74) is 5.20. The highest BCUT2D eigenvalue weighted by Gasteiger charge is 2.14. The molecule has 2 fully saturated rings. The van der Waals surface area contributed by atoms with E-state index in [1.54, 1.807) is 7.11 Å². The molecule has 1 aliphatic heterocycles. The Morgan fingerprint density at radius 1 is 1.30 bits per heavy atom. The maximum Gasteiger partial charge on any atom is 0.187 e. The third-order valence-corrected chi connectivity index (χ3v) is 6.27. The molecule has 1 aliphatic carbocycles. The van der Waals surface area contributed by atoms with E-state index in [2.05, 4.69) is 26.8 Å². The first-order valence-electron chi connectivity index (χ1n) is 9.81. The summed E-state index contributed by atoms with van der Waals surface area (Å²) in [6, 6.07) is 6.69. The molecule has 27 heavy (non-hydrogen) atoms. The first-order valence-corrected chi connectivity index (χ1v) is 11.4. The molecule has 5 nitrogen and oxygen atoms in total. The third kappa shape index (κ3) is 6.66. The van der Waals surface area contributed by atoms with Gasteiger partial charge in [-0.15, -0.1) is 0 Å². The van der Waals surface area contributed by atoms with Crippen molar-refractivity contribution in [3.05, 3.63) is 29.3 Å². The van der Waals surface area contributed by atoms with Crippen LogP contribution in [0.4, 0.5) is 0 Å². The van der Waals surface area contributed by atoms with Crippen LogP contribution in [0.15, 0.2) is 23.3 Å². The van der Waals surface area contributed by atoms with Gasteiger partial charge in [0, 0.05) is 42.7 Å². The van der Waals surface area contributed by atoms with Crippen molar-refractivity contribution >= 4 is 35.3 Å². The molecule has 3 rings (SSSR count). The molecule has 0 atom stereocenters. The zero-order chi connectivity index (χ0) is 18.9. The number of rotatable bonds is 6. The van der Waals surface area contributed by atoms with Gasteiger partial charge >= 0.3 is 0 Å². The minimum Gasteiger partial charge on any atom is -0.496 e. The van der Waals surface area contributed by atoms with Crippen LogP contribution in [-0.2, 0) is 6.54 Å². The molecule has 0 bridgehead atoms. The van der Waals surface area contributed by atoms with Gasteiger partial charge in [-0.25, -0.2) is 0 Å². The summed E-state index contributed by atoms with van der Waals surface area (Å²) in [6.45, 7) is 3.18. The van der Waals surface area contributed by atoms with E-state index >= 15 is 0 Å². The summed E-state index contributed by atoms with van der Waals surface area (Å²) in [5.74, 6) is 3.35. The summed E-state index contributed by atoms with van der Waals surface area (Å²) < 4.78 is 5.55. The number of nitrogens with zero attached hydrogens (tertiary/aromatic N) is 2. The number of hydrogen-bond donors (Lipinski definition) is 2. The Labute approximate surface area is 172 Å². The maximum atomic E-state index is 5.55. The van der Waals surface area contributed by atoms with Crippen molar-refractivity contribution in [3.63, 3.8) is 0 Å². The van der Waals surface area contributed by atoms with Crippen LogP contribution in [0, 0.1) is 0 Å². The molecule has 1 saturated carbocycles. The lowest BCUT2D eigenvalue weighted by atomic mass is 9.96. The second kappa shape index (κ2) is 10.9. The zero-order valence-corrected chi connectivity index (χ0v) is 17.7. The second-order valence-electron chi connectivity index (χ2n) is 7.14. The quantitative estimate of drug-likeness (QED) is 0.429. The summed E-state index contributed by atoms with van der Waals surface area (Å²) in [7, 11) is 1.73. The molecule has 7 heteroatoms. The number of ether oxygens (including phenoxy) is 1. The van der Waals surface area contributed by atoms with Gasteiger partial charge in [0.2, 0.25) is 0 Å². The van der Waals surface area contributed by atoms with Crippen LogP contribution >= 0.6 is 24.0 Å². The molecule has 0 spiro atoms. The van der Waals surface area contributed by atoms with Gasteiger partial charge in [-0.3, -0.25) is 10.3 Å².